The van der Waals surface area contributed by atoms with Crippen LogP contribution in [0.5, 0.6) is 11.5 Å². The van der Waals surface area contributed by atoms with E-state index in [0.717, 1.165) is 22.1 Å². The van der Waals surface area contributed by atoms with E-state index in [1.807, 2.05) is 84.9 Å². The third-order valence-corrected chi connectivity index (χ3v) is 15.4. The number of carbonyl (C=O) groups is 2. The molecule has 0 unspecified atom stereocenters. The summed E-state index contributed by atoms with van der Waals surface area (Å²) in [5.41, 5.74) is 1.18. The molecule has 0 aliphatic rings. The molecule has 0 radical (unpaired) electrons. The molecule has 0 aromatic heterocycles. The Morgan fingerprint density at radius 1 is 0.600 bits per heavy atom. The fourth-order valence-electron chi connectivity index (χ4n) is 4.37. The van der Waals surface area contributed by atoms with Crippen molar-refractivity contribution in [1.29, 1.82) is 0 Å². The zero-order valence-corrected chi connectivity index (χ0v) is 22.0. The normalized spacial score (nSPS) is 12.3. The predicted octanol–water partition coefficient (Wildman–Crippen LogP) is 5.88. The first-order valence-electron chi connectivity index (χ1n) is 11.2. The standard InChI is InChI=1S/C29H26BrO4P/c1-22(31)33-25-13-17-28(18-14-25)35(30,27-11-7-4-8-12-27,21-24-9-5-3-6-10-24)29-19-15-26(16-20-29)34-23(2)32/h3-20H,21H2,1-2H3. The van der Waals surface area contributed by atoms with Crippen molar-refractivity contribution in [2.45, 2.75) is 20.0 Å². The summed E-state index contributed by atoms with van der Waals surface area (Å²) in [7, 11) is 0. The summed E-state index contributed by atoms with van der Waals surface area (Å²) in [6.07, 6.45) is 0.719. The molecule has 0 N–H and O–H groups in total. The molecule has 4 rings (SSSR count). The van der Waals surface area contributed by atoms with Gasteiger partial charge in [0.2, 0.25) is 0 Å². The molecule has 0 amide bonds. The number of hydrogen-bond acceptors (Lipinski definition) is 4. The van der Waals surface area contributed by atoms with Crippen LogP contribution in [0.15, 0.2) is 109 Å². The minimum atomic E-state index is -3.28. The Morgan fingerprint density at radius 2 is 0.971 bits per heavy atom. The quantitative estimate of drug-likeness (QED) is 0.164. The van der Waals surface area contributed by atoms with E-state index in [0.29, 0.717) is 11.5 Å². The second-order valence-electron chi connectivity index (χ2n) is 8.34. The molecule has 0 aliphatic heterocycles. The van der Waals surface area contributed by atoms with Gasteiger partial charge in [-0.05, 0) is 0 Å². The van der Waals surface area contributed by atoms with E-state index < -0.39 is 5.31 Å². The van der Waals surface area contributed by atoms with Gasteiger partial charge < -0.3 is 0 Å². The van der Waals surface area contributed by atoms with Crippen LogP contribution in [0, 0.1) is 0 Å². The van der Waals surface area contributed by atoms with Crippen LogP contribution in [-0.4, -0.2) is 11.9 Å². The Kier molecular flexibility index (Phi) is 7.20. The van der Waals surface area contributed by atoms with E-state index in [-0.39, 0.29) is 11.9 Å². The summed E-state index contributed by atoms with van der Waals surface area (Å²) in [4.78, 5) is 23.0. The van der Waals surface area contributed by atoms with Gasteiger partial charge in [0, 0.05) is 0 Å². The van der Waals surface area contributed by atoms with Crippen LogP contribution < -0.4 is 25.4 Å². The molecule has 0 saturated heterocycles. The Morgan fingerprint density at radius 3 is 1.37 bits per heavy atom. The van der Waals surface area contributed by atoms with Gasteiger partial charge in [-0.15, -0.1) is 0 Å². The number of hydrogen-bond donors (Lipinski definition) is 0. The third-order valence-electron chi connectivity index (χ3n) is 5.89. The van der Waals surface area contributed by atoms with Gasteiger partial charge in [-0.2, -0.15) is 0 Å². The molecule has 4 nitrogen and oxygen atoms in total. The van der Waals surface area contributed by atoms with Gasteiger partial charge in [0.15, 0.2) is 0 Å². The first kappa shape index (κ1) is 24.8. The van der Waals surface area contributed by atoms with Crippen molar-refractivity contribution in [3.05, 3.63) is 115 Å². The Hall–Kier alpha value is -3.27. The molecular weight excluding hydrogens is 523 g/mol. The molecule has 6 heteroatoms. The summed E-state index contributed by atoms with van der Waals surface area (Å²) in [5, 5.41) is 0.0451. The van der Waals surface area contributed by atoms with Gasteiger partial charge in [0.1, 0.15) is 0 Å². The summed E-state index contributed by atoms with van der Waals surface area (Å²) >= 11 is 4.42. The molecule has 0 aliphatic carbocycles. The fourth-order valence-corrected chi connectivity index (χ4v) is 12.0. The Balaban J connectivity index is 1.99. The number of carbonyl (C=O) groups excluding carboxylic acids is 2. The Labute approximate surface area is 213 Å². The summed E-state index contributed by atoms with van der Waals surface area (Å²) in [5.74, 6) is 0.276. The van der Waals surface area contributed by atoms with Crippen molar-refractivity contribution in [1.82, 2.24) is 0 Å². The average Bonchev–Trinajstić information content (AvgIpc) is 2.85. The number of ether oxygens (including phenoxy) is 2. The van der Waals surface area contributed by atoms with Crippen LogP contribution in [0.4, 0.5) is 0 Å². The van der Waals surface area contributed by atoms with Gasteiger partial charge >= 0.3 is 214 Å². The molecule has 0 bridgehead atoms. The van der Waals surface area contributed by atoms with Crippen LogP contribution >= 0.6 is 20.8 Å². The van der Waals surface area contributed by atoms with Gasteiger partial charge in [0.25, 0.3) is 0 Å². The molecule has 0 heterocycles. The number of rotatable bonds is 7. The van der Waals surface area contributed by atoms with Crippen molar-refractivity contribution in [2.24, 2.45) is 0 Å². The third kappa shape index (κ3) is 5.07. The van der Waals surface area contributed by atoms with Crippen molar-refractivity contribution >= 4 is 48.6 Å². The van der Waals surface area contributed by atoms with Crippen LogP contribution in [-0.2, 0) is 15.8 Å². The minimum absolute atomic E-state index is 0.359. The number of esters is 2. The van der Waals surface area contributed by atoms with E-state index in [1.165, 1.54) is 19.4 Å². The van der Waals surface area contributed by atoms with Gasteiger partial charge in [-0.3, -0.25) is 0 Å². The van der Waals surface area contributed by atoms with E-state index in [9.17, 15) is 9.59 Å². The molecule has 35 heavy (non-hydrogen) atoms. The van der Waals surface area contributed by atoms with Crippen LogP contribution in [0.25, 0.3) is 0 Å². The maximum absolute atomic E-state index is 11.5. The Bertz CT molecular complexity index is 1260. The van der Waals surface area contributed by atoms with Crippen LogP contribution in [0.1, 0.15) is 19.4 Å². The first-order valence-corrected chi connectivity index (χ1v) is 15.6. The zero-order valence-electron chi connectivity index (χ0n) is 19.6. The predicted molar refractivity (Wildman–Crippen MR) is 147 cm³/mol. The molecule has 0 spiro atoms. The van der Waals surface area contributed by atoms with E-state index in [1.54, 1.807) is 0 Å². The van der Waals surface area contributed by atoms with Crippen molar-refractivity contribution in [3.63, 3.8) is 0 Å². The van der Waals surface area contributed by atoms with Crippen molar-refractivity contribution in [2.75, 3.05) is 0 Å². The SMILES string of the molecule is CC(=O)Oc1ccc(P(Br)(Cc2ccccc2)(c2ccccc2)c2ccc(OC(C)=O)cc2)cc1. The number of benzene rings is 4. The summed E-state index contributed by atoms with van der Waals surface area (Å²) < 4.78 is 10.6. The van der Waals surface area contributed by atoms with Gasteiger partial charge in [-0.25, -0.2) is 0 Å². The molecule has 178 valence electrons. The molecule has 0 saturated carbocycles. The second kappa shape index (κ2) is 10.2. The van der Waals surface area contributed by atoms with Gasteiger partial charge in [-0.1, -0.05) is 0 Å². The maximum atomic E-state index is 11.5. The molecule has 4 aromatic carbocycles. The molecular formula is C29H26BrO4P. The van der Waals surface area contributed by atoms with Crippen molar-refractivity contribution in [3.8, 4) is 11.5 Å². The van der Waals surface area contributed by atoms with Gasteiger partial charge in [0.05, 0.1) is 0 Å². The second-order valence-corrected chi connectivity index (χ2v) is 17.3. The molecule has 0 atom stereocenters. The van der Waals surface area contributed by atoms with Crippen LogP contribution in [0.3, 0.4) is 0 Å². The van der Waals surface area contributed by atoms with Crippen LogP contribution in [0.2, 0.25) is 0 Å². The summed E-state index contributed by atoms with van der Waals surface area (Å²) in [6, 6.07) is 36.2. The van der Waals surface area contributed by atoms with E-state index in [2.05, 4.69) is 39.8 Å². The molecule has 4 aromatic rings. The fraction of sp³-hybridized carbons (Fsp3) is 0.103. The topological polar surface area (TPSA) is 52.6 Å². The number of halogens is 1. The monoisotopic (exact) mass is 548 g/mol. The zero-order chi connectivity index (χ0) is 24.9. The first-order chi connectivity index (χ1) is 16.8. The molecule has 0 fully saturated rings. The average molecular weight is 549 g/mol. The van der Waals surface area contributed by atoms with E-state index in [4.69, 9.17) is 9.47 Å². The van der Waals surface area contributed by atoms with Crippen molar-refractivity contribution < 1.29 is 19.1 Å². The summed E-state index contributed by atoms with van der Waals surface area (Å²) in [6.45, 7) is 2.78. The van der Waals surface area contributed by atoms with E-state index >= 15 is 0 Å².